The fraction of sp³-hybridized carbons (Fsp3) is 0.0556. The molecule has 0 amide bonds. The van der Waals surface area contributed by atoms with Gasteiger partial charge in [0.05, 0.1) is 0 Å². The molecule has 1 heterocycles. The van der Waals surface area contributed by atoms with E-state index in [1.807, 2.05) is 6.07 Å². The summed E-state index contributed by atoms with van der Waals surface area (Å²) in [7, 11) is 0. The number of benzene rings is 2. The lowest BCUT2D eigenvalue weighted by Crippen LogP contribution is -2.39. The van der Waals surface area contributed by atoms with Crippen LogP contribution in [0.4, 0.5) is 0 Å². The van der Waals surface area contributed by atoms with Crippen molar-refractivity contribution in [1.82, 2.24) is 4.98 Å². The largest absolute Gasteiger partial charge is 0.480 e. The molecule has 0 radical (unpaired) electrons. The van der Waals surface area contributed by atoms with Crippen molar-refractivity contribution < 1.29 is 9.90 Å². The van der Waals surface area contributed by atoms with E-state index in [0.717, 1.165) is 0 Å². The van der Waals surface area contributed by atoms with Crippen molar-refractivity contribution in [2.24, 2.45) is 0 Å². The normalized spacial score (nSPS) is 13.5. The van der Waals surface area contributed by atoms with Gasteiger partial charge in [0.1, 0.15) is 0 Å². The molecule has 23 heavy (non-hydrogen) atoms. The van der Waals surface area contributed by atoms with Gasteiger partial charge in [0, 0.05) is 27.5 Å². The van der Waals surface area contributed by atoms with Crippen LogP contribution in [0, 0.1) is 0 Å². The van der Waals surface area contributed by atoms with Crippen LogP contribution >= 0.6 is 23.2 Å². The van der Waals surface area contributed by atoms with Crippen LogP contribution in [0.2, 0.25) is 10.0 Å². The predicted molar refractivity (Wildman–Crippen MR) is 91.2 cm³/mol. The van der Waals surface area contributed by atoms with Gasteiger partial charge in [-0.25, -0.2) is 0 Å². The van der Waals surface area contributed by atoms with Crippen molar-refractivity contribution in [2.45, 2.75) is 5.41 Å². The molecule has 0 saturated carbocycles. The Morgan fingerprint density at radius 3 is 2.09 bits per heavy atom. The summed E-state index contributed by atoms with van der Waals surface area (Å²) in [6.45, 7) is 0. The zero-order valence-electron chi connectivity index (χ0n) is 12.0. The highest BCUT2D eigenvalue weighted by molar-refractivity contribution is 6.37. The maximum atomic E-state index is 12.5. The Bertz CT molecular complexity index is 811. The van der Waals surface area contributed by atoms with E-state index in [9.17, 15) is 9.90 Å². The summed E-state index contributed by atoms with van der Waals surface area (Å²) < 4.78 is 0. The summed E-state index contributed by atoms with van der Waals surface area (Å²) in [4.78, 5) is 15.5. The van der Waals surface area contributed by atoms with Gasteiger partial charge in [0.15, 0.2) is 5.41 Å². The second kappa shape index (κ2) is 6.11. The number of hydrogen-bond acceptors (Lipinski definition) is 1. The van der Waals surface area contributed by atoms with E-state index < -0.39 is 11.4 Å². The lowest BCUT2D eigenvalue weighted by Gasteiger charge is -2.31. The van der Waals surface area contributed by atoms with Gasteiger partial charge in [-0.1, -0.05) is 59.6 Å². The molecule has 0 aliphatic carbocycles. The molecule has 0 fully saturated rings. The Balaban J connectivity index is 2.46. The molecular weight excluding hydrogens is 333 g/mol. The maximum Gasteiger partial charge on any atom is 0.324 e. The van der Waals surface area contributed by atoms with Gasteiger partial charge in [0.25, 0.3) is 0 Å². The number of aromatic nitrogens is 1. The zero-order valence-corrected chi connectivity index (χ0v) is 13.5. The summed E-state index contributed by atoms with van der Waals surface area (Å²) in [6.07, 6.45) is 1.68. The van der Waals surface area contributed by atoms with Crippen LogP contribution < -0.4 is 0 Å². The molecule has 0 aliphatic rings. The molecule has 116 valence electrons. The topological polar surface area (TPSA) is 53.1 Å². The molecule has 2 N–H and O–H groups in total. The van der Waals surface area contributed by atoms with Gasteiger partial charge in [-0.2, -0.15) is 0 Å². The third-order valence-corrected chi connectivity index (χ3v) is 4.50. The van der Waals surface area contributed by atoms with Gasteiger partial charge in [-0.15, -0.1) is 0 Å². The van der Waals surface area contributed by atoms with Crippen molar-refractivity contribution in [3.63, 3.8) is 0 Å². The van der Waals surface area contributed by atoms with Crippen molar-refractivity contribution in [3.8, 4) is 0 Å². The maximum absolute atomic E-state index is 12.5. The Morgan fingerprint density at radius 1 is 0.913 bits per heavy atom. The molecule has 1 aromatic heterocycles. The Kier molecular flexibility index (Phi) is 4.16. The number of carboxylic acids is 1. The minimum Gasteiger partial charge on any atom is -0.480 e. The molecule has 5 heteroatoms. The van der Waals surface area contributed by atoms with Crippen molar-refractivity contribution in [1.29, 1.82) is 0 Å². The first-order valence-electron chi connectivity index (χ1n) is 6.95. The third-order valence-electron chi connectivity index (χ3n) is 3.87. The average molecular weight is 346 g/mol. The second-order valence-corrected chi connectivity index (χ2v) is 5.92. The molecule has 0 aliphatic heterocycles. The lowest BCUT2D eigenvalue weighted by atomic mass is 9.72. The van der Waals surface area contributed by atoms with Gasteiger partial charge in [0.2, 0.25) is 0 Å². The number of aromatic amines is 1. The summed E-state index contributed by atoms with van der Waals surface area (Å²) in [5.41, 5.74) is -0.0965. The van der Waals surface area contributed by atoms with Gasteiger partial charge < -0.3 is 10.1 Å². The number of nitrogens with one attached hydrogen (secondary N) is 1. The number of carboxylic acid groups (broad SMARTS) is 1. The number of H-pyrrole nitrogens is 1. The molecule has 3 rings (SSSR count). The molecule has 0 bridgehead atoms. The molecule has 1 unspecified atom stereocenters. The third kappa shape index (κ3) is 2.42. The van der Waals surface area contributed by atoms with Crippen molar-refractivity contribution in [3.05, 3.63) is 93.7 Å². The molecular formula is C18H13Cl2NO2. The molecule has 1 atom stereocenters. The summed E-state index contributed by atoms with van der Waals surface area (Å²) in [5, 5.41) is 10.8. The number of hydrogen-bond donors (Lipinski definition) is 2. The van der Waals surface area contributed by atoms with Crippen molar-refractivity contribution >= 4 is 29.2 Å². The standard InChI is InChI=1S/C18H13Cl2NO2/c19-13-8-4-9-14(20)16(13)18(17(22)23,15-10-5-11-21-15)12-6-2-1-3-7-12/h1-11,21H,(H,22,23). The Morgan fingerprint density at radius 2 is 1.57 bits per heavy atom. The molecule has 0 saturated heterocycles. The van der Waals surface area contributed by atoms with E-state index in [4.69, 9.17) is 23.2 Å². The van der Waals surface area contributed by atoms with E-state index >= 15 is 0 Å². The van der Waals surface area contributed by atoms with E-state index in [1.165, 1.54) is 0 Å². The van der Waals surface area contributed by atoms with Crippen LogP contribution in [0.5, 0.6) is 0 Å². The highest BCUT2D eigenvalue weighted by Gasteiger charge is 2.47. The molecule has 2 aromatic carbocycles. The fourth-order valence-electron chi connectivity index (χ4n) is 2.89. The summed E-state index contributed by atoms with van der Waals surface area (Å²) in [6, 6.07) is 17.4. The Labute approximate surface area is 143 Å². The average Bonchev–Trinajstić information content (AvgIpc) is 3.06. The SMILES string of the molecule is O=C(O)C(c1ccccc1)(c1ccc[nH]1)c1c(Cl)cccc1Cl. The van der Waals surface area contributed by atoms with E-state index in [0.29, 0.717) is 26.9 Å². The van der Waals surface area contributed by atoms with Crippen LogP contribution in [0.3, 0.4) is 0 Å². The first kappa shape index (κ1) is 15.7. The van der Waals surface area contributed by atoms with E-state index in [1.54, 1.807) is 60.8 Å². The molecule has 0 spiro atoms. The van der Waals surface area contributed by atoms with Crippen molar-refractivity contribution in [2.75, 3.05) is 0 Å². The minimum absolute atomic E-state index is 0.304. The quantitative estimate of drug-likeness (QED) is 0.717. The smallest absolute Gasteiger partial charge is 0.324 e. The number of aliphatic carboxylic acids is 1. The first-order chi connectivity index (χ1) is 11.1. The van der Waals surface area contributed by atoms with E-state index in [-0.39, 0.29) is 0 Å². The predicted octanol–water partition coefficient (Wildman–Crippen LogP) is 4.74. The first-order valence-corrected chi connectivity index (χ1v) is 7.71. The van der Waals surface area contributed by atoms with Crippen LogP contribution in [0.15, 0.2) is 66.9 Å². The zero-order chi connectivity index (χ0) is 16.4. The number of rotatable bonds is 4. The summed E-state index contributed by atoms with van der Waals surface area (Å²) >= 11 is 12.7. The van der Waals surface area contributed by atoms with Crippen LogP contribution in [-0.4, -0.2) is 16.1 Å². The van der Waals surface area contributed by atoms with Gasteiger partial charge >= 0.3 is 5.97 Å². The monoisotopic (exact) mass is 345 g/mol. The highest BCUT2D eigenvalue weighted by atomic mass is 35.5. The van der Waals surface area contributed by atoms with E-state index in [2.05, 4.69) is 4.98 Å². The van der Waals surface area contributed by atoms with Crippen LogP contribution in [-0.2, 0) is 10.2 Å². The number of carbonyl (C=O) groups is 1. The lowest BCUT2D eigenvalue weighted by molar-refractivity contribution is -0.140. The van der Waals surface area contributed by atoms with Crippen LogP contribution in [0.1, 0.15) is 16.8 Å². The molecule has 3 aromatic rings. The fourth-order valence-corrected chi connectivity index (χ4v) is 3.57. The van der Waals surface area contributed by atoms with Crippen LogP contribution in [0.25, 0.3) is 0 Å². The van der Waals surface area contributed by atoms with Gasteiger partial charge in [-0.3, -0.25) is 4.79 Å². The minimum atomic E-state index is -1.51. The highest BCUT2D eigenvalue weighted by Crippen LogP contribution is 2.45. The second-order valence-electron chi connectivity index (χ2n) is 5.10. The number of halogens is 2. The Hall–Kier alpha value is -2.23. The molecule has 3 nitrogen and oxygen atoms in total. The van der Waals surface area contributed by atoms with Gasteiger partial charge in [-0.05, 0) is 29.8 Å². The summed E-state index contributed by atoms with van der Waals surface area (Å²) in [5.74, 6) is -1.05.